The Morgan fingerprint density at radius 3 is 2.81 bits per heavy atom. The van der Waals surface area contributed by atoms with Crippen molar-refractivity contribution in [3.63, 3.8) is 0 Å². The fourth-order valence-corrected chi connectivity index (χ4v) is 4.36. The third-order valence-corrected chi connectivity index (χ3v) is 5.99. The van der Waals surface area contributed by atoms with Gasteiger partial charge in [-0.2, -0.15) is 0 Å². The summed E-state index contributed by atoms with van der Waals surface area (Å²) in [5.74, 6) is 0.706. The van der Waals surface area contributed by atoms with E-state index in [2.05, 4.69) is 17.5 Å². The molecule has 0 bridgehead atoms. The van der Waals surface area contributed by atoms with Gasteiger partial charge in [0.05, 0.1) is 33.8 Å². The van der Waals surface area contributed by atoms with Crippen molar-refractivity contribution < 1.29 is 9.66 Å². The number of allylic oxidation sites excluding steroid dienone is 2. The van der Waals surface area contributed by atoms with Crippen LogP contribution in [0.2, 0.25) is 10.0 Å². The van der Waals surface area contributed by atoms with Crippen molar-refractivity contribution in [2.24, 2.45) is 5.92 Å². The highest BCUT2D eigenvalue weighted by Gasteiger charge is 2.39. The molecule has 1 N–H and O–H groups in total. The van der Waals surface area contributed by atoms with E-state index in [1.165, 1.54) is 7.11 Å². The molecule has 2 aromatic rings. The Hall–Kier alpha value is -2.24. The monoisotopic (exact) mass is 390 g/mol. The molecule has 0 unspecified atom stereocenters. The Labute approximate surface area is 160 Å². The first kappa shape index (κ1) is 17.2. The van der Waals surface area contributed by atoms with Gasteiger partial charge in [0, 0.05) is 12.0 Å². The van der Waals surface area contributed by atoms with Crippen molar-refractivity contribution in [2.75, 3.05) is 12.4 Å². The van der Waals surface area contributed by atoms with E-state index in [9.17, 15) is 10.1 Å². The molecule has 0 fully saturated rings. The lowest BCUT2D eigenvalue weighted by Crippen LogP contribution is -2.29. The van der Waals surface area contributed by atoms with Gasteiger partial charge in [0.15, 0.2) is 5.75 Å². The Kier molecular flexibility index (Phi) is 4.29. The summed E-state index contributed by atoms with van der Waals surface area (Å²) in [5, 5.41) is 15.8. The van der Waals surface area contributed by atoms with Crippen LogP contribution < -0.4 is 10.1 Å². The number of nitro groups is 1. The molecule has 7 heteroatoms. The molecular weight excluding hydrogens is 375 g/mol. The standard InChI is InChI=1S/C19H16Cl2N2O3/c1-26-16-8-5-10(9-15(16)23(24)25)18-12-4-2-3-11(12)13-6-7-14(20)17(21)19(13)22-18/h2-3,5-9,11-12,18,22H,4H2,1H3/t11-,12-,18+/m1/s1. The largest absolute Gasteiger partial charge is 0.490 e. The lowest BCUT2D eigenvalue weighted by molar-refractivity contribution is -0.385. The molecular formula is C19H16Cl2N2O3. The highest BCUT2D eigenvalue weighted by molar-refractivity contribution is 6.43. The molecule has 4 rings (SSSR count). The van der Waals surface area contributed by atoms with Gasteiger partial charge in [-0.15, -0.1) is 0 Å². The fourth-order valence-electron chi connectivity index (χ4n) is 3.98. The topological polar surface area (TPSA) is 64.4 Å². The van der Waals surface area contributed by atoms with E-state index >= 15 is 0 Å². The number of fused-ring (bicyclic) bond motifs is 3. The maximum absolute atomic E-state index is 11.4. The smallest absolute Gasteiger partial charge is 0.311 e. The van der Waals surface area contributed by atoms with Gasteiger partial charge in [0.1, 0.15) is 0 Å². The van der Waals surface area contributed by atoms with Crippen LogP contribution in [-0.2, 0) is 0 Å². The molecule has 5 nitrogen and oxygen atoms in total. The molecule has 0 spiro atoms. The molecule has 0 radical (unpaired) electrons. The predicted octanol–water partition coefficient (Wildman–Crippen LogP) is 5.74. The zero-order valence-electron chi connectivity index (χ0n) is 13.9. The minimum Gasteiger partial charge on any atom is -0.490 e. The first-order chi connectivity index (χ1) is 12.5. The summed E-state index contributed by atoms with van der Waals surface area (Å²) in [5.41, 5.74) is 2.70. The number of nitrogens with one attached hydrogen (secondary N) is 1. The zero-order chi connectivity index (χ0) is 18.4. The first-order valence-electron chi connectivity index (χ1n) is 8.24. The molecule has 26 heavy (non-hydrogen) atoms. The summed E-state index contributed by atoms with van der Waals surface area (Å²) >= 11 is 12.6. The second-order valence-corrected chi connectivity index (χ2v) is 7.27. The van der Waals surface area contributed by atoms with Crippen molar-refractivity contribution in [1.82, 2.24) is 0 Å². The molecule has 0 aromatic heterocycles. The van der Waals surface area contributed by atoms with Crippen LogP contribution in [0, 0.1) is 16.0 Å². The highest BCUT2D eigenvalue weighted by Crippen LogP contribution is 2.53. The molecule has 2 aromatic carbocycles. The van der Waals surface area contributed by atoms with Crippen LogP contribution in [0.15, 0.2) is 42.5 Å². The number of nitrogens with zero attached hydrogens (tertiary/aromatic N) is 1. The maximum Gasteiger partial charge on any atom is 0.311 e. The lowest BCUT2D eigenvalue weighted by atomic mass is 9.77. The summed E-state index contributed by atoms with van der Waals surface area (Å²) in [6.45, 7) is 0. The van der Waals surface area contributed by atoms with Crippen molar-refractivity contribution >= 4 is 34.6 Å². The van der Waals surface area contributed by atoms with Gasteiger partial charge in [-0.05, 0) is 35.6 Å². The Balaban J connectivity index is 1.82. The predicted molar refractivity (Wildman–Crippen MR) is 102 cm³/mol. The maximum atomic E-state index is 11.4. The molecule has 1 aliphatic heterocycles. The SMILES string of the molecule is COc1ccc([C@@H]2Nc3c(ccc(Cl)c3Cl)[C@@H]3C=CC[C@H]32)cc1[N+](=O)[O-]. The first-order valence-corrected chi connectivity index (χ1v) is 9.00. The van der Waals surface area contributed by atoms with Gasteiger partial charge in [0.2, 0.25) is 0 Å². The normalized spacial score (nSPS) is 23.1. The number of anilines is 1. The number of ether oxygens (including phenoxy) is 1. The van der Waals surface area contributed by atoms with Crippen LogP contribution >= 0.6 is 23.2 Å². The Bertz CT molecular complexity index is 929. The van der Waals surface area contributed by atoms with Crippen molar-refractivity contribution in [3.05, 3.63) is 73.8 Å². The molecule has 1 aliphatic carbocycles. The summed E-state index contributed by atoms with van der Waals surface area (Å²) in [6, 6.07) is 8.78. The van der Waals surface area contributed by atoms with Gasteiger partial charge >= 0.3 is 5.69 Å². The number of benzene rings is 2. The fraction of sp³-hybridized carbons (Fsp3) is 0.263. The summed E-state index contributed by atoms with van der Waals surface area (Å²) < 4.78 is 5.11. The molecule has 0 amide bonds. The minimum atomic E-state index is -0.423. The van der Waals surface area contributed by atoms with Crippen LogP contribution in [0.3, 0.4) is 0 Å². The van der Waals surface area contributed by atoms with Gasteiger partial charge in [-0.25, -0.2) is 0 Å². The van der Waals surface area contributed by atoms with Crippen molar-refractivity contribution in [3.8, 4) is 5.75 Å². The van der Waals surface area contributed by atoms with Crippen LogP contribution in [-0.4, -0.2) is 12.0 Å². The molecule has 3 atom stereocenters. The number of rotatable bonds is 3. The van der Waals surface area contributed by atoms with E-state index in [0.717, 1.165) is 23.2 Å². The average Bonchev–Trinajstić information content (AvgIpc) is 3.13. The van der Waals surface area contributed by atoms with Crippen LogP contribution in [0.5, 0.6) is 5.75 Å². The molecule has 0 saturated carbocycles. The second-order valence-electron chi connectivity index (χ2n) is 6.49. The van der Waals surface area contributed by atoms with Crippen LogP contribution in [0.4, 0.5) is 11.4 Å². The Morgan fingerprint density at radius 1 is 1.27 bits per heavy atom. The summed E-state index contributed by atoms with van der Waals surface area (Å²) in [6.07, 6.45) is 5.22. The molecule has 2 aliphatic rings. The molecule has 1 heterocycles. The van der Waals surface area contributed by atoms with Gasteiger partial charge in [-0.3, -0.25) is 10.1 Å². The number of halogens is 2. The summed E-state index contributed by atoms with van der Waals surface area (Å²) in [4.78, 5) is 11.0. The lowest BCUT2D eigenvalue weighted by Gasteiger charge is -2.38. The Morgan fingerprint density at radius 2 is 2.08 bits per heavy atom. The number of hydrogen-bond acceptors (Lipinski definition) is 4. The number of hydrogen-bond donors (Lipinski definition) is 1. The number of nitro benzene ring substituents is 1. The van der Waals surface area contributed by atoms with E-state index in [0.29, 0.717) is 10.0 Å². The molecule has 0 saturated heterocycles. The highest BCUT2D eigenvalue weighted by atomic mass is 35.5. The van der Waals surface area contributed by atoms with Gasteiger partial charge in [-0.1, -0.05) is 47.5 Å². The van der Waals surface area contributed by atoms with Gasteiger partial charge < -0.3 is 10.1 Å². The minimum absolute atomic E-state index is 0.0442. The number of methoxy groups -OCH3 is 1. The van der Waals surface area contributed by atoms with E-state index in [4.69, 9.17) is 27.9 Å². The van der Waals surface area contributed by atoms with E-state index in [-0.39, 0.29) is 29.3 Å². The quantitative estimate of drug-likeness (QED) is 0.412. The van der Waals surface area contributed by atoms with E-state index < -0.39 is 4.92 Å². The zero-order valence-corrected chi connectivity index (χ0v) is 15.4. The third kappa shape index (κ3) is 2.63. The second kappa shape index (κ2) is 6.49. The van der Waals surface area contributed by atoms with E-state index in [1.54, 1.807) is 12.1 Å². The van der Waals surface area contributed by atoms with Crippen molar-refractivity contribution in [1.29, 1.82) is 0 Å². The van der Waals surface area contributed by atoms with Crippen LogP contribution in [0.1, 0.15) is 29.5 Å². The summed E-state index contributed by atoms with van der Waals surface area (Å²) in [7, 11) is 1.43. The van der Waals surface area contributed by atoms with Gasteiger partial charge in [0.25, 0.3) is 0 Å². The third-order valence-electron chi connectivity index (χ3n) is 5.19. The van der Waals surface area contributed by atoms with E-state index in [1.807, 2.05) is 18.2 Å². The average molecular weight is 391 g/mol. The van der Waals surface area contributed by atoms with Crippen LogP contribution in [0.25, 0.3) is 0 Å². The van der Waals surface area contributed by atoms with Crippen molar-refractivity contribution in [2.45, 2.75) is 18.4 Å². The molecule has 134 valence electrons.